The number of hydrogen-bond donors (Lipinski definition) is 4. The topological polar surface area (TPSA) is 121 Å². The molecular weight excluding hydrogens is 296 g/mol. The second-order valence-electron chi connectivity index (χ2n) is 4.33. The van der Waals surface area contributed by atoms with Gasteiger partial charge in [-0.15, -0.1) is 0 Å². The number of carbonyl (C=O) groups excluding carboxylic acids is 1. The molecule has 1 heterocycles. The van der Waals surface area contributed by atoms with Crippen LogP contribution in [0.25, 0.3) is 0 Å². The summed E-state index contributed by atoms with van der Waals surface area (Å²) in [7, 11) is 0. The normalized spacial score (nSPS) is 11.9. The average molecular weight is 309 g/mol. The summed E-state index contributed by atoms with van der Waals surface area (Å²) in [6.07, 6.45) is 1.60. The fraction of sp³-hybridized carbons (Fsp3) is 0.154. The average Bonchev–Trinajstić information content (AvgIpc) is 2.43. The van der Waals surface area contributed by atoms with Gasteiger partial charge in [0.15, 0.2) is 11.5 Å². The molecule has 0 bridgehead atoms. The van der Waals surface area contributed by atoms with Crippen molar-refractivity contribution in [2.75, 3.05) is 5.32 Å². The van der Waals surface area contributed by atoms with Gasteiger partial charge in [-0.1, -0.05) is 6.07 Å². The summed E-state index contributed by atoms with van der Waals surface area (Å²) in [5, 5.41) is 21.2. The zero-order valence-electron chi connectivity index (χ0n) is 10.8. The molecule has 0 unspecified atom stereocenters. The summed E-state index contributed by atoms with van der Waals surface area (Å²) in [6, 6.07) is 4.90. The SMILES string of the molecule is N[C@@H](Cc1ccc(O)c(O)c1)C(=O)Nc1ccnc(Cl)n1. The van der Waals surface area contributed by atoms with Crippen LogP contribution in [0.4, 0.5) is 5.82 Å². The zero-order chi connectivity index (χ0) is 15.4. The summed E-state index contributed by atoms with van der Waals surface area (Å²) in [5.41, 5.74) is 6.41. The van der Waals surface area contributed by atoms with E-state index in [1.165, 1.54) is 24.4 Å². The second kappa shape index (κ2) is 6.38. The van der Waals surface area contributed by atoms with Crippen molar-refractivity contribution in [2.45, 2.75) is 12.5 Å². The molecule has 0 aliphatic carbocycles. The zero-order valence-corrected chi connectivity index (χ0v) is 11.6. The third-order valence-electron chi connectivity index (χ3n) is 2.71. The number of phenols is 2. The van der Waals surface area contributed by atoms with Gasteiger partial charge in [0.05, 0.1) is 6.04 Å². The predicted molar refractivity (Wildman–Crippen MR) is 77.1 cm³/mol. The Kier molecular flexibility index (Phi) is 4.56. The number of anilines is 1. The van der Waals surface area contributed by atoms with Gasteiger partial charge in [-0.05, 0) is 41.8 Å². The lowest BCUT2D eigenvalue weighted by Crippen LogP contribution is -2.37. The van der Waals surface area contributed by atoms with E-state index in [9.17, 15) is 15.0 Å². The molecule has 110 valence electrons. The summed E-state index contributed by atoms with van der Waals surface area (Å²) < 4.78 is 0. The van der Waals surface area contributed by atoms with E-state index in [0.717, 1.165) is 0 Å². The van der Waals surface area contributed by atoms with Gasteiger partial charge >= 0.3 is 0 Å². The minimum atomic E-state index is -0.845. The van der Waals surface area contributed by atoms with Crippen LogP contribution in [0.5, 0.6) is 11.5 Å². The Morgan fingerprint density at radius 1 is 1.33 bits per heavy atom. The maximum Gasteiger partial charge on any atom is 0.242 e. The third kappa shape index (κ3) is 4.04. The molecule has 0 aliphatic rings. The van der Waals surface area contributed by atoms with Crippen LogP contribution in [0, 0.1) is 0 Å². The molecule has 1 amide bonds. The molecule has 0 spiro atoms. The highest BCUT2D eigenvalue weighted by Gasteiger charge is 2.15. The highest BCUT2D eigenvalue weighted by Crippen LogP contribution is 2.25. The number of carbonyl (C=O) groups is 1. The van der Waals surface area contributed by atoms with E-state index in [4.69, 9.17) is 17.3 Å². The van der Waals surface area contributed by atoms with Crippen LogP contribution < -0.4 is 11.1 Å². The van der Waals surface area contributed by atoms with Crippen LogP contribution in [0.2, 0.25) is 5.28 Å². The number of amides is 1. The minimum Gasteiger partial charge on any atom is -0.504 e. The molecule has 21 heavy (non-hydrogen) atoms. The molecule has 0 fully saturated rings. The molecule has 0 saturated carbocycles. The van der Waals surface area contributed by atoms with Gasteiger partial charge in [0, 0.05) is 6.20 Å². The smallest absolute Gasteiger partial charge is 0.242 e. The number of aromatic hydroxyl groups is 2. The van der Waals surface area contributed by atoms with Gasteiger partial charge in [-0.25, -0.2) is 9.97 Å². The molecule has 1 aromatic carbocycles. The van der Waals surface area contributed by atoms with Crippen LogP contribution in [0.15, 0.2) is 30.5 Å². The molecule has 0 aliphatic heterocycles. The molecule has 0 radical (unpaired) electrons. The number of nitrogens with two attached hydrogens (primary N) is 1. The summed E-state index contributed by atoms with van der Waals surface area (Å²) in [6.45, 7) is 0. The van der Waals surface area contributed by atoms with Crippen LogP contribution >= 0.6 is 11.6 Å². The van der Waals surface area contributed by atoms with Gasteiger partial charge < -0.3 is 21.3 Å². The first-order valence-electron chi connectivity index (χ1n) is 6.01. The predicted octanol–water partition coefficient (Wildman–Crippen LogP) is 1.05. The standard InChI is InChI=1S/C13H13ClN4O3/c14-13-16-4-3-11(18-13)17-12(21)8(15)5-7-1-2-9(19)10(20)6-7/h1-4,6,8,19-20H,5,15H2,(H,16,17,18,21)/t8-/m0/s1. The Morgan fingerprint density at radius 3 is 2.76 bits per heavy atom. The van der Waals surface area contributed by atoms with Gasteiger partial charge in [0.2, 0.25) is 11.2 Å². The quantitative estimate of drug-likeness (QED) is 0.495. The number of hydrogen-bond acceptors (Lipinski definition) is 6. The van der Waals surface area contributed by atoms with Gasteiger partial charge in [-0.2, -0.15) is 0 Å². The van der Waals surface area contributed by atoms with Gasteiger partial charge in [-0.3, -0.25) is 4.79 Å². The van der Waals surface area contributed by atoms with Crippen molar-refractivity contribution < 1.29 is 15.0 Å². The Balaban J connectivity index is 2.00. The largest absolute Gasteiger partial charge is 0.504 e. The van der Waals surface area contributed by atoms with E-state index in [0.29, 0.717) is 5.56 Å². The first kappa shape index (κ1) is 15.0. The van der Waals surface area contributed by atoms with E-state index in [-0.39, 0.29) is 29.0 Å². The first-order chi connectivity index (χ1) is 9.95. The number of aromatic nitrogens is 2. The lowest BCUT2D eigenvalue weighted by atomic mass is 10.1. The molecule has 2 rings (SSSR count). The highest BCUT2D eigenvalue weighted by molar-refractivity contribution is 6.28. The number of nitrogens with one attached hydrogen (secondary N) is 1. The van der Waals surface area contributed by atoms with Crippen molar-refractivity contribution in [3.8, 4) is 11.5 Å². The number of benzene rings is 1. The lowest BCUT2D eigenvalue weighted by Gasteiger charge is -2.12. The van der Waals surface area contributed by atoms with Crippen molar-refractivity contribution in [3.05, 3.63) is 41.3 Å². The van der Waals surface area contributed by atoms with Crippen LogP contribution in [0.1, 0.15) is 5.56 Å². The lowest BCUT2D eigenvalue weighted by molar-refractivity contribution is -0.117. The van der Waals surface area contributed by atoms with Crippen LogP contribution in [-0.4, -0.2) is 32.1 Å². The molecule has 5 N–H and O–H groups in total. The minimum absolute atomic E-state index is 0.0184. The van der Waals surface area contributed by atoms with E-state index in [1.54, 1.807) is 6.07 Å². The van der Waals surface area contributed by atoms with E-state index >= 15 is 0 Å². The van der Waals surface area contributed by atoms with Crippen LogP contribution in [0.3, 0.4) is 0 Å². The van der Waals surface area contributed by atoms with E-state index in [2.05, 4.69) is 15.3 Å². The van der Waals surface area contributed by atoms with Crippen molar-refractivity contribution in [2.24, 2.45) is 5.73 Å². The second-order valence-corrected chi connectivity index (χ2v) is 4.67. The molecule has 1 aromatic heterocycles. The van der Waals surface area contributed by atoms with E-state index < -0.39 is 11.9 Å². The number of nitrogens with zero attached hydrogens (tertiary/aromatic N) is 2. The Morgan fingerprint density at radius 2 is 2.10 bits per heavy atom. The van der Waals surface area contributed by atoms with Gasteiger partial charge in [0.25, 0.3) is 0 Å². The highest BCUT2D eigenvalue weighted by atomic mass is 35.5. The fourth-order valence-electron chi connectivity index (χ4n) is 1.67. The fourth-order valence-corrected chi connectivity index (χ4v) is 1.81. The Hall–Kier alpha value is -2.38. The number of phenolic OH excluding ortho intramolecular Hbond substituents is 2. The molecule has 2 aromatic rings. The van der Waals surface area contributed by atoms with Crippen molar-refractivity contribution in [1.29, 1.82) is 0 Å². The summed E-state index contributed by atoms with van der Waals surface area (Å²) >= 11 is 5.61. The molecule has 0 saturated heterocycles. The number of rotatable bonds is 4. The molecule has 7 nitrogen and oxygen atoms in total. The summed E-state index contributed by atoms with van der Waals surface area (Å²) in [5.74, 6) is -0.684. The molecule has 1 atom stereocenters. The first-order valence-corrected chi connectivity index (χ1v) is 6.39. The number of halogens is 1. The molecule has 8 heteroatoms. The Bertz CT molecular complexity index is 666. The summed E-state index contributed by atoms with van der Waals surface area (Å²) in [4.78, 5) is 19.4. The maximum atomic E-state index is 11.9. The Labute approximate surface area is 125 Å². The van der Waals surface area contributed by atoms with Crippen molar-refractivity contribution in [3.63, 3.8) is 0 Å². The third-order valence-corrected chi connectivity index (χ3v) is 2.89. The maximum absolute atomic E-state index is 11.9. The molecular formula is C13H13ClN4O3. The van der Waals surface area contributed by atoms with E-state index in [1.807, 2.05) is 0 Å². The van der Waals surface area contributed by atoms with Crippen molar-refractivity contribution >= 4 is 23.3 Å². The van der Waals surface area contributed by atoms with Gasteiger partial charge in [0.1, 0.15) is 5.82 Å². The monoisotopic (exact) mass is 308 g/mol. The van der Waals surface area contributed by atoms with Crippen molar-refractivity contribution in [1.82, 2.24) is 9.97 Å². The van der Waals surface area contributed by atoms with Crippen LogP contribution in [-0.2, 0) is 11.2 Å².